The van der Waals surface area contributed by atoms with Crippen molar-refractivity contribution in [3.8, 4) is 0 Å². The number of sulfonamides is 2. The van der Waals surface area contributed by atoms with E-state index in [9.17, 15) is 16.8 Å². The molecule has 0 bridgehead atoms. The number of hydrogen-bond acceptors (Lipinski definition) is 4. The summed E-state index contributed by atoms with van der Waals surface area (Å²) in [7, 11) is -7.55. The van der Waals surface area contributed by atoms with Crippen LogP contribution < -0.4 is 4.72 Å². The normalized spacial score (nSPS) is 17.4. The first-order chi connectivity index (χ1) is 14.4. The lowest BCUT2D eigenvalue weighted by atomic mass is 9.94. The Hall–Kier alpha value is -2.52. The molecule has 6 nitrogen and oxygen atoms in total. The molecule has 4 rings (SSSR count). The van der Waals surface area contributed by atoms with Crippen LogP contribution in [0.15, 0.2) is 94.7 Å². The minimum absolute atomic E-state index is 0.0553. The van der Waals surface area contributed by atoms with Crippen molar-refractivity contribution in [2.45, 2.75) is 22.3 Å². The van der Waals surface area contributed by atoms with Gasteiger partial charge >= 0.3 is 0 Å². The van der Waals surface area contributed by atoms with E-state index in [-0.39, 0.29) is 22.9 Å². The molecule has 3 aromatic carbocycles. The van der Waals surface area contributed by atoms with Crippen molar-refractivity contribution in [1.82, 2.24) is 9.03 Å². The minimum Gasteiger partial charge on any atom is -0.209 e. The summed E-state index contributed by atoms with van der Waals surface area (Å²) < 4.78 is 56.2. The van der Waals surface area contributed by atoms with Crippen molar-refractivity contribution in [1.29, 1.82) is 0 Å². The Labute approximate surface area is 177 Å². The monoisotopic (exact) mass is 442 g/mol. The fourth-order valence-electron chi connectivity index (χ4n) is 3.73. The van der Waals surface area contributed by atoms with E-state index in [4.69, 9.17) is 0 Å². The SMILES string of the molecule is O=S(=O)(NC[C@@H]1c2ccccc2CCN1S(=O)(=O)c1ccccc1)c1ccccc1. The van der Waals surface area contributed by atoms with Gasteiger partial charge in [0.05, 0.1) is 15.8 Å². The number of rotatable bonds is 6. The molecule has 0 unspecified atom stereocenters. The Morgan fingerprint density at radius 2 is 1.33 bits per heavy atom. The second kappa shape index (κ2) is 8.31. The minimum atomic E-state index is -3.79. The predicted molar refractivity (Wildman–Crippen MR) is 115 cm³/mol. The molecular formula is C22H22N2O4S2. The second-order valence-corrected chi connectivity index (χ2v) is 10.7. The first-order valence-electron chi connectivity index (χ1n) is 9.59. The molecule has 8 heteroatoms. The van der Waals surface area contributed by atoms with E-state index < -0.39 is 26.1 Å². The number of nitrogens with one attached hydrogen (secondary N) is 1. The van der Waals surface area contributed by atoms with Gasteiger partial charge in [0, 0.05) is 13.1 Å². The molecule has 1 atom stereocenters. The Kier molecular flexibility index (Phi) is 5.75. The summed E-state index contributed by atoms with van der Waals surface area (Å²) in [6.07, 6.45) is 0.574. The van der Waals surface area contributed by atoms with Gasteiger partial charge in [-0.1, -0.05) is 60.7 Å². The Bertz CT molecular complexity index is 1230. The molecule has 1 aliphatic rings. The molecule has 1 N–H and O–H groups in total. The highest BCUT2D eigenvalue weighted by Crippen LogP contribution is 2.34. The third-order valence-corrected chi connectivity index (χ3v) is 8.60. The van der Waals surface area contributed by atoms with E-state index in [0.29, 0.717) is 6.42 Å². The van der Waals surface area contributed by atoms with Crippen LogP contribution in [0.5, 0.6) is 0 Å². The third kappa shape index (κ3) is 4.04. The van der Waals surface area contributed by atoms with Crippen molar-refractivity contribution in [3.63, 3.8) is 0 Å². The molecule has 0 saturated carbocycles. The van der Waals surface area contributed by atoms with E-state index >= 15 is 0 Å². The molecule has 0 fully saturated rings. The highest BCUT2D eigenvalue weighted by Gasteiger charge is 2.36. The first kappa shape index (κ1) is 20.7. The van der Waals surface area contributed by atoms with Crippen molar-refractivity contribution in [2.75, 3.05) is 13.1 Å². The molecule has 0 spiro atoms. The zero-order valence-electron chi connectivity index (χ0n) is 16.2. The van der Waals surface area contributed by atoms with Gasteiger partial charge in [-0.15, -0.1) is 0 Å². The summed E-state index contributed by atoms with van der Waals surface area (Å²) >= 11 is 0. The molecule has 3 aromatic rings. The topological polar surface area (TPSA) is 83.6 Å². The largest absolute Gasteiger partial charge is 0.243 e. The molecule has 0 radical (unpaired) electrons. The van der Waals surface area contributed by atoms with Crippen LogP contribution in [0.3, 0.4) is 0 Å². The number of hydrogen-bond donors (Lipinski definition) is 1. The molecule has 0 aromatic heterocycles. The Morgan fingerprint density at radius 3 is 2.00 bits per heavy atom. The zero-order chi connectivity index (χ0) is 21.2. The summed E-state index contributed by atoms with van der Waals surface area (Å²) in [5.41, 5.74) is 1.85. The second-order valence-electron chi connectivity index (χ2n) is 7.06. The maximum absolute atomic E-state index is 13.4. The molecule has 30 heavy (non-hydrogen) atoms. The predicted octanol–water partition coefficient (Wildman–Crippen LogP) is 2.95. The van der Waals surface area contributed by atoms with Gasteiger partial charge in [-0.25, -0.2) is 21.6 Å². The number of fused-ring (bicyclic) bond motifs is 1. The van der Waals surface area contributed by atoms with E-state index in [1.54, 1.807) is 48.5 Å². The average molecular weight is 443 g/mol. The van der Waals surface area contributed by atoms with Crippen molar-refractivity contribution < 1.29 is 16.8 Å². The summed E-state index contributed by atoms with van der Waals surface area (Å²) in [5, 5.41) is 0. The van der Waals surface area contributed by atoms with Crippen LogP contribution >= 0.6 is 0 Å². The van der Waals surface area contributed by atoms with Crippen molar-refractivity contribution >= 4 is 20.0 Å². The number of benzene rings is 3. The highest BCUT2D eigenvalue weighted by molar-refractivity contribution is 7.89. The van der Waals surface area contributed by atoms with Gasteiger partial charge in [0.15, 0.2) is 0 Å². The Morgan fingerprint density at radius 1 is 0.767 bits per heavy atom. The van der Waals surface area contributed by atoms with E-state index in [1.165, 1.54) is 16.4 Å². The fourth-order valence-corrected chi connectivity index (χ4v) is 6.41. The summed E-state index contributed by atoms with van der Waals surface area (Å²) in [4.78, 5) is 0.340. The van der Waals surface area contributed by atoms with Gasteiger partial charge in [0.1, 0.15) is 0 Å². The molecule has 1 heterocycles. The van der Waals surface area contributed by atoms with E-state index in [2.05, 4.69) is 4.72 Å². The molecule has 0 aliphatic carbocycles. The van der Waals surface area contributed by atoms with Crippen LogP contribution in [0.4, 0.5) is 0 Å². The third-order valence-electron chi connectivity index (χ3n) is 5.23. The van der Waals surface area contributed by atoms with Gasteiger partial charge in [-0.3, -0.25) is 0 Å². The lowest BCUT2D eigenvalue weighted by Crippen LogP contribution is -2.45. The molecule has 0 amide bonds. The molecule has 1 aliphatic heterocycles. The molecule has 156 valence electrons. The van der Waals surface area contributed by atoms with Gasteiger partial charge in [0.25, 0.3) is 0 Å². The summed E-state index contributed by atoms with van der Waals surface area (Å²) in [5.74, 6) is 0. The molecular weight excluding hydrogens is 420 g/mol. The van der Waals surface area contributed by atoms with E-state index in [1.807, 2.05) is 24.3 Å². The first-order valence-corrected chi connectivity index (χ1v) is 12.5. The van der Waals surface area contributed by atoms with Crippen LogP contribution in [0, 0.1) is 0 Å². The maximum Gasteiger partial charge on any atom is 0.243 e. The summed E-state index contributed by atoms with van der Waals surface area (Å²) in [6, 6.07) is 23.2. The lowest BCUT2D eigenvalue weighted by molar-refractivity contribution is 0.307. The fraction of sp³-hybridized carbons (Fsp3) is 0.182. The van der Waals surface area contributed by atoms with Crippen molar-refractivity contribution in [3.05, 3.63) is 96.1 Å². The molecule has 0 saturated heterocycles. The maximum atomic E-state index is 13.4. The summed E-state index contributed by atoms with van der Waals surface area (Å²) in [6.45, 7) is 0.228. The van der Waals surface area contributed by atoms with Crippen LogP contribution in [-0.2, 0) is 26.5 Å². The Balaban J connectivity index is 1.69. The van der Waals surface area contributed by atoms with Gasteiger partial charge in [-0.05, 0) is 41.8 Å². The standard InChI is InChI=1S/C22H22N2O4S2/c25-29(26,19-10-3-1-4-11-19)23-17-22-21-14-8-7-9-18(21)15-16-24(22)30(27,28)20-12-5-2-6-13-20/h1-14,22-23H,15-17H2/t22-/m1/s1. The lowest BCUT2D eigenvalue weighted by Gasteiger charge is -2.36. The van der Waals surface area contributed by atoms with Crippen LogP contribution in [-0.4, -0.2) is 34.2 Å². The van der Waals surface area contributed by atoms with Gasteiger partial charge in [0.2, 0.25) is 20.0 Å². The van der Waals surface area contributed by atoms with Gasteiger partial charge in [-0.2, -0.15) is 4.31 Å². The van der Waals surface area contributed by atoms with Crippen LogP contribution in [0.1, 0.15) is 17.2 Å². The zero-order valence-corrected chi connectivity index (χ0v) is 17.8. The van der Waals surface area contributed by atoms with E-state index in [0.717, 1.165) is 11.1 Å². The average Bonchev–Trinajstić information content (AvgIpc) is 2.78. The van der Waals surface area contributed by atoms with Crippen LogP contribution in [0.2, 0.25) is 0 Å². The van der Waals surface area contributed by atoms with Crippen LogP contribution in [0.25, 0.3) is 0 Å². The smallest absolute Gasteiger partial charge is 0.209 e. The quantitative estimate of drug-likeness (QED) is 0.636. The van der Waals surface area contributed by atoms with Crippen molar-refractivity contribution in [2.24, 2.45) is 0 Å². The van der Waals surface area contributed by atoms with Gasteiger partial charge < -0.3 is 0 Å². The number of nitrogens with zero attached hydrogens (tertiary/aromatic N) is 1. The highest BCUT2D eigenvalue weighted by atomic mass is 32.2.